The quantitative estimate of drug-likeness (QED) is 0.925. The summed E-state index contributed by atoms with van der Waals surface area (Å²) in [4.78, 5) is 0. The van der Waals surface area contributed by atoms with Crippen molar-refractivity contribution in [3.8, 4) is 5.75 Å². The van der Waals surface area contributed by atoms with Crippen LogP contribution in [0.5, 0.6) is 5.75 Å². The van der Waals surface area contributed by atoms with Crippen LogP contribution in [-0.4, -0.2) is 26.4 Å². The molecule has 0 bridgehead atoms. The van der Waals surface area contributed by atoms with Crippen LogP contribution in [0.3, 0.4) is 0 Å². The molecular formula is C15H20BrNO2. The van der Waals surface area contributed by atoms with Gasteiger partial charge in [-0.05, 0) is 37.0 Å². The van der Waals surface area contributed by atoms with Crippen molar-refractivity contribution in [1.29, 1.82) is 0 Å². The number of nitrogens with one attached hydrogen (secondary N) is 1. The Morgan fingerprint density at radius 1 is 1.26 bits per heavy atom. The fourth-order valence-corrected chi connectivity index (χ4v) is 3.23. The highest BCUT2D eigenvalue weighted by molar-refractivity contribution is 9.10. The number of benzene rings is 1. The maximum Gasteiger partial charge on any atom is 0.124 e. The molecule has 1 saturated heterocycles. The summed E-state index contributed by atoms with van der Waals surface area (Å²) in [5, 5.41) is 3.69. The highest BCUT2D eigenvalue weighted by Crippen LogP contribution is 2.34. The molecule has 1 N–H and O–H groups in total. The Balaban J connectivity index is 1.64. The van der Waals surface area contributed by atoms with E-state index in [9.17, 15) is 0 Å². The van der Waals surface area contributed by atoms with E-state index < -0.39 is 0 Å². The van der Waals surface area contributed by atoms with Crippen LogP contribution in [0.1, 0.15) is 30.9 Å². The minimum absolute atomic E-state index is 0.406. The molecule has 3 rings (SSSR count). The fourth-order valence-electron chi connectivity index (χ4n) is 2.85. The van der Waals surface area contributed by atoms with Gasteiger partial charge in [0.15, 0.2) is 0 Å². The van der Waals surface area contributed by atoms with Gasteiger partial charge in [-0.15, -0.1) is 0 Å². The zero-order valence-electron chi connectivity index (χ0n) is 11.0. The molecule has 2 atom stereocenters. The molecule has 4 heteroatoms. The first-order chi connectivity index (χ1) is 9.33. The van der Waals surface area contributed by atoms with Gasteiger partial charge in [0.25, 0.3) is 0 Å². The van der Waals surface area contributed by atoms with Crippen LogP contribution in [0.15, 0.2) is 22.7 Å². The van der Waals surface area contributed by atoms with Crippen molar-refractivity contribution in [2.45, 2.75) is 25.3 Å². The van der Waals surface area contributed by atoms with Gasteiger partial charge < -0.3 is 14.8 Å². The smallest absolute Gasteiger partial charge is 0.124 e. The minimum Gasteiger partial charge on any atom is -0.493 e. The topological polar surface area (TPSA) is 30.5 Å². The van der Waals surface area contributed by atoms with Gasteiger partial charge in [-0.1, -0.05) is 15.9 Å². The van der Waals surface area contributed by atoms with E-state index >= 15 is 0 Å². The zero-order valence-corrected chi connectivity index (χ0v) is 12.6. The SMILES string of the molecule is Brc1ccc2c(c1)C(NCC1CCCOC1)CCO2. The summed E-state index contributed by atoms with van der Waals surface area (Å²) in [6.45, 7) is 3.68. The Hall–Kier alpha value is -0.580. The maximum absolute atomic E-state index is 5.71. The monoisotopic (exact) mass is 325 g/mol. The van der Waals surface area contributed by atoms with Crippen LogP contribution < -0.4 is 10.1 Å². The lowest BCUT2D eigenvalue weighted by Gasteiger charge is -2.29. The fraction of sp³-hybridized carbons (Fsp3) is 0.600. The second-order valence-corrected chi connectivity index (χ2v) is 6.28. The van der Waals surface area contributed by atoms with Crippen molar-refractivity contribution >= 4 is 15.9 Å². The van der Waals surface area contributed by atoms with Crippen molar-refractivity contribution in [1.82, 2.24) is 5.32 Å². The summed E-state index contributed by atoms with van der Waals surface area (Å²) < 4.78 is 12.4. The summed E-state index contributed by atoms with van der Waals surface area (Å²) in [5.74, 6) is 1.68. The number of rotatable bonds is 3. The van der Waals surface area contributed by atoms with E-state index in [0.717, 1.165) is 43.0 Å². The van der Waals surface area contributed by atoms with Gasteiger partial charge in [0.1, 0.15) is 5.75 Å². The summed E-state index contributed by atoms with van der Waals surface area (Å²) in [6.07, 6.45) is 3.51. The standard InChI is InChI=1S/C15H20BrNO2/c16-12-3-4-15-13(8-12)14(5-7-19-15)17-9-11-2-1-6-18-10-11/h3-4,8,11,14,17H,1-2,5-7,9-10H2. The van der Waals surface area contributed by atoms with Crippen LogP contribution in [0.2, 0.25) is 0 Å². The Morgan fingerprint density at radius 3 is 3.05 bits per heavy atom. The summed E-state index contributed by atoms with van der Waals surface area (Å²) in [5.41, 5.74) is 1.28. The molecule has 1 aromatic rings. The van der Waals surface area contributed by atoms with Gasteiger partial charge in [0, 0.05) is 35.7 Å². The Kier molecular flexibility index (Phi) is 4.41. The second-order valence-electron chi connectivity index (χ2n) is 5.36. The normalized spacial score (nSPS) is 26.6. The predicted molar refractivity (Wildman–Crippen MR) is 78.5 cm³/mol. The summed E-state index contributed by atoms with van der Waals surface area (Å²) >= 11 is 3.54. The first kappa shape index (κ1) is 13.4. The average Bonchev–Trinajstić information content (AvgIpc) is 2.46. The molecule has 1 aromatic carbocycles. The van der Waals surface area contributed by atoms with Crippen LogP contribution in [0, 0.1) is 5.92 Å². The van der Waals surface area contributed by atoms with Crippen molar-refractivity contribution in [3.05, 3.63) is 28.2 Å². The van der Waals surface area contributed by atoms with E-state index in [1.807, 2.05) is 6.07 Å². The second kappa shape index (κ2) is 6.25. The molecule has 19 heavy (non-hydrogen) atoms. The number of hydrogen-bond donors (Lipinski definition) is 1. The number of halogens is 1. The molecule has 104 valence electrons. The van der Waals surface area contributed by atoms with Gasteiger partial charge in [0.05, 0.1) is 13.2 Å². The van der Waals surface area contributed by atoms with Crippen LogP contribution >= 0.6 is 15.9 Å². The van der Waals surface area contributed by atoms with Crippen molar-refractivity contribution in [2.24, 2.45) is 5.92 Å². The van der Waals surface area contributed by atoms with Crippen LogP contribution in [0.25, 0.3) is 0 Å². The van der Waals surface area contributed by atoms with Gasteiger partial charge in [-0.2, -0.15) is 0 Å². The van der Waals surface area contributed by atoms with E-state index in [-0.39, 0.29) is 0 Å². The number of fused-ring (bicyclic) bond motifs is 1. The molecular weight excluding hydrogens is 306 g/mol. The molecule has 2 aliphatic rings. The van der Waals surface area contributed by atoms with Gasteiger partial charge in [-0.3, -0.25) is 0 Å². The third-order valence-corrected chi connectivity index (χ3v) is 4.41. The molecule has 1 fully saturated rings. The molecule has 2 heterocycles. The molecule has 0 spiro atoms. The molecule has 0 aromatic heterocycles. The summed E-state index contributed by atoms with van der Waals surface area (Å²) in [6, 6.07) is 6.67. The van der Waals surface area contributed by atoms with E-state index in [0.29, 0.717) is 12.0 Å². The third kappa shape index (κ3) is 3.30. The van der Waals surface area contributed by atoms with Crippen LogP contribution in [0.4, 0.5) is 0 Å². The molecule has 3 nitrogen and oxygen atoms in total. The number of hydrogen-bond acceptors (Lipinski definition) is 3. The summed E-state index contributed by atoms with van der Waals surface area (Å²) in [7, 11) is 0. The Morgan fingerprint density at radius 2 is 2.21 bits per heavy atom. The molecule has 0 aliphatic carbocycles. The first-order valence-corrected chi connectivity index (χ1v) is 7.85. The lowest BCUT2D eigenvalue weighted by atomic mass is 9.98. The van der Waals surface area contributed by atoms with Crippen molar-refractivity contribution < 1.29 is 9.47 Å². The zero-order chi connectivity index (χ0) is 13.1. The molecule has 0 amide bonds. The highest BCUT2D eigenvalue weighted by atomic mass is 79.9. The minimum atomic E-state index is 0.406. The number of ether oxygens (including phenoxy) is 2. The lowest BCUT2D eigenvalue weighted by Crippen LogP contribution is -2.34. The Bertz CT molecular complexity index is 432. The lowest BCUT2D eigenvalue weighted by molar-refractivity contribution is 0.0531. The van der Waals surface area contributed by atoms with E-state index in [4.69, 9.17) is 9.47 Å². The van der Waals surface area contributed by atoms with Crippen molar-refractivity contribution in [2.75, 3.05) is 26.4 Å². The maximum atomic E-state index is 5.71. The Labute approximate surface area is 122 Å². The van der Waals surface area contributed by atoms with Gasteiger partial charge in [-0.25, -0.2) is 0 Å². The van der Waals surface area contributed by atoms with Gasteiger partial charge in [0.2, 0.25) is 0 Å². The third-order valence-electron chi connectivity index (χ3n) is 3.92. The first-order valence-electron chi connectivity index (χ1n) is 7.06. The van der Waals surface area contributed by atoms with Crippen LogP contribution in [-0.2, 0) is 4.74 Å². The van der Waals surface area contributed by atoms with E-state index in [2.05, 4.69) is 33.4 Å². The average molecular weight is 326 g/mol. The highest BCUT2D eigenvalue weighted by Gasteiger charge is 2.23. The molecule has 0 saturated carbocycles. The molecule has 2 unspecified atom stereocenters. The largest absolute Gasteiger partial charge is 0.493 e. The molecule has 2 aliphatic heterocycles. The molecule has 0 radical (unpaired) electrons. The predicted octanol–water partition coefficient (Wildman–Crippen LogP) is 3.29. The van der Waals surface area contributed by atoms with E-state index in [1.54, 1.807) is 0 Å². The van der Waals surface area contributed by atoms with E-state index in [1.165, 1.54) is 18.4 Å². The van der Waals surface area contributed by atoms with Gasteiger partial charge >= 0.3 is 0 Å². The van der Waals surface area contributed by atoms with Crippen molar-refractivity contribution in [3.63, 3.8) is 0 Å².